The number of carbonyl (C=O) groups is 2. The molecule has 0 radical (unpaired) electrons. The number of hydrogen-bond donors (Lipinski definition) is 2. The third-order valence-corrected chi connectivity index (χ3v) is 4.57. The zero-order chi connectivity index (χ0) is 13.3. The normalized spacial score (nSPS) is 16.8. The Balaban J connectivity index is 2.17. The number of carboxylic acids is 1. The van der Waals surface area contributed by atoms with Gasteiger partial charge in [-0.2, -0.15) is 0 Å². The van der Waals surface area contributed by atoms with Crippen LogP contribution in [0.15, 0.2) is 18.2 Å². The summed E-state index contributed by atoms with van der Waals surface area (Å²) < 4.78 is 0.998. The highest BCUT2D eigenvalue weighted by Gasteiger charge is 2.45. The minimum absolute atomic E-state index is 0.310. The Morgan fingerprint density at radius 1 is 1.39 bits per heavy atom. The van der Waals surface area contributed by atoms with E-state index >= 15 is 0 Å². The van der Waals surface area contributed by atoms with Gasteiger partial charge in [-0.05, 0) is 66.5 Å². The van der Waals surface area contributed by atoms with E-state index in [9.17, 15) is 9.59 Å². The molecule has 1 aromatic carbocycles. The molecule has 5 heteroatoms. The van der Waals surface area contributed by atoms with Gasteiger partial charge in [-0.25, -0.2) is 4.79 Å². The van der Waals surface area contributed by atoms with Crippen molar-refractivity contribution in [3.05, 3.63) is 32.9 Å². The van der Waals surface area contributed by atoms with Crippen LogP contribution in [0.3, 0.4) is 0 Å². The Labute approximate surface area is 119 Å². The topological polar surface area (TPSA) is 66.4 Å². The Morgan fingerprint density at radius 2 is 2.06 bits per heavy atom. The van der Waals surface area contributed by atoms with Crippen LogP contribution in [0.25, 0.3) is 0 Å². The molecule has 2 N–H and O–H groups in total. The summed E-state index contributed by atoms with van der Waals surface area (Å²) in [5.41, 5.74) is 0.564. The minimum atomic E-state index is -1.05. The molecule has 96 valence electrons. The maximum atomic E-state index is 12.0. The fourth-order valence-corrected chi connectivity index (χ4v) is 2.46. The predicted octanol–water partition coefficient (Wildman–Crippen LogP) is 2.34. The number of carbonyl (C=O) groups excluding carboxylic acids is 1. The molecule has 0 spiro atoms. The lowest BCUT2D eigenvalue weighted by Crippen LogP contribution is -2.59. The molecule has 0 heterocycles. The first kappa shape index (κ1) is 13.3. The summed E-state index contributed by atoms with van der Waals surface area (Å²) >= 11 is 2.16. The van der Waals surface area contributed by atoms with Crippen molar-refractivity contribution < 1.29 is 14.7 Å². The number of halogens is 1. The van der Waals surface area contributed by atoms with Crippen molar-refractivity contribution in [2.24, 2.45) is 0 Å². The molecule has 1 saturated carbocycles. The fraction of sp³-hybridized carbons (Fsp3) is 0.385. The van der Waals surface area contributed by atoms with Gasteiger partial charge in [0.25, 0.3) is 5.91 Å². The molecule has 0 unspecified atom stereocenters. The highest BCUT2D eigenvalue weighted by Crippen LogP contribution is 2.32. The van der Waals surface area contributed by atoms with Gasteiger partial charge in [0, 0.05) is 9.13 Å². The van der Waals surface area contributed by atoms with E-state index in [1.807, 2.05) is 13.0 Å². The van der Waals surface area contributed by atoms with E-state index in [0.29, 0.717) is 18.4 Å². The number of rotatable bonds is 3. The fourth-order valence-electron chi connectivity index (χ4n) is 1.95. The van der Waals surface area contributed by atoms with Crippen LogP contribution in [-0.4, -0.2) is 22.5 Å². The molecule has 0 aromatic heterocycles. The van der Waals surface area contributed by atoms with Gasteiger partial charge in [0.15, 0.2) is 0 Å². The molecule has 0 saturated heterocycles. The van der Waals surface area contributed by atoms with Crippen LogP contribution >= 0.6 is 22.6 Å². The molecule has 1 amide bonds. The van der Waals surface area contributed by atoms with Crippen LogP contribution in [0.4, 0.5) is 0 Å². The van der Waals surface area contributed by atoms with Gasteiger partial charge in [0.2, 0.25) is 0 Å². The lowest BCUT2D eigenvalue weighted by molar-refractivity contribution is -0.148. The number of benzene rings is 1. The van der Waals surface area contributed by atoms with Crippen LogP contribution in [-0.2, 0) is 4.79 Å². The minimum Gasteiger partial charge on any atom is -0.480 e. The van der Waals surface area contributed by atoms with Crippen molar-refractivity contribution in [2.75, 3.05) is 0 Å². The molecule has 1 aromatic rings. The molecular formula is C13H14INO3. The Morgan fingerprint density at radius 3 is 2.50 bits per heavy atom. The van der Waals surface area contributed by atoms with Crippen molar-refractivity contribution in [2.45, 2.75) is 31.7 Å². The predicted molar refractivity (Wildman–Crippen MR) is 75.6 cm³/mol. The molecule has 0 aliphatic heterocycles. The van der Waals surface area contributed by atoms with Crippen molar-refractivity contribution >= 4 is 34.5 Å². The van der Waals surface area contributed by atoms with Gasteiger partial charge in [-0.3, -0.25) is 4.79 Å². The van der Waals surface area contributed by atoms with Crippen LogP contribution in [0, 0.1) is 10.5 Å². The van der Waals surface area contributed by atoms with Gasteiger partial charge in [0.05, 0.1) is 0 Å². The van der Waals surface area contributed by atoms with Gasteiger partial charge >= 0.3 is 5.97 Å². The number of amides is 1. The van der Waals surface area contributed by atoms with Crippen LogP contribution in [0.1, 0.15) is 35.2 Å². The Bertz CT molecular complexity index is 509. The molecular weight excluding hydrogens is 345 g/mol. The average Bonchev–Trinajstić information content (AvgIpc) is 2.26. The molecule has 1 aliphatic carbocycles. The van der Waals surface area contributed by atoms with Crippen molar-refractivity contribution in [1.29, 1.82) is 0 Å². The average molecular weight is 359 g/mol. The van der Waals surface area contributed by atoms with Gasteiger partial charge < -0.3 is 10.4 Å². The summed E-state index contributed by atoms with van der Waals surface area (Å²) in [5.74, 6) is -1.25. The lowest BCUT2D eigenvalue weighted by Gasteiger charge is -2.38. The van der Waals surface area contributed by atoms with E-state index in [1.165, 1.54) is 0 Å². The SMILES string of the molecule is Cc1ccc(C(=O)NC2(C(=O)O)CCC2)cc1I. The second kappa shape index (κ2) is 4.87. The van der Waals surface area contributed by atoms with Gasteiger partial charge in [-0.1, -0.05) is 6.07 Å². The molecule has 18 heavy (non-hydrogen) atoms. The molecule has 0 atom stereocenters. The van der Waals surface area contributed by atoms with Crippen LogP contribution < -0.4 is 5.32 Å². The van der Waals surface area contributed by atoms with Gasteiger partial charge in [0.1, 0.15) is 5.54 Å². The summed E-state index contributed by atoms with van der Waals surface area (Å²) in [6.45, 7) is 1.97. The largest absolute Gasteiger partial charge is 0.480 e. The first-order valence-electron chi connectivity index (χ1n) is 5.77. The second-order valence-electron chi connectivity index (χ2n) is 4.66. The number of nitrogens with one attached hydrogen (secondary N) is 1. The highest BCUT2D eigenvalue weighted by molar-refractivity contribution is 14.1. The van der Waals surface area contributed by atoms with Crippen molar-refractivity contribution in [3.63, 3.8) is 0 Å². The van der Waals surface area contributed by atoms with Gasteiger partial charge in [-0.15, -0.1) is 0 Å². The van der Waals surface area contributed by atoms with E-state index in [4.69, 9.17) is 5.11 Å². The maximum Gasteiger partial charge on any atom is 0.329 e. The van der Waals surface area contributed by atoms with Crippen LogP contribution in [0.2, 0.25) is 0 Å². The highest BCUT2D eigenvalue weighted by atomic mass is 127. The third kappa shape index (κ3) is 2.36. The lowest BCUT2D eigenvalue weighted by atomic mass is 9.76. The summed E-state index contributed by atoms with van der Waals surface area (Å²) in [6, 6.07) is 5.37. The number of carboxylic acid groups (broad SMARTS) is 1. The molecule has 1 aliphatic rings. The molecule has 1 fully saturated rings. The van der Waals surface area contributed by atoms with E-state index < -0.39 is 11.5 Å². The summed E-state index contributed by atoms with van der Waals surface area (Å²) in [4.78, 5) is 23.2. The number of aryl methyl sites for hydroxylation is 1. The quantitative estimate of drug-likeness (QED) is 0.815. The molecule has 0 bridgehead atoms. The van der Waals surface area contributed by atoms with Crippen LogP contribution in [0.5, 0.6) is 0 Å². The maximum absolute atomic E-state index is 12.0. The van der Waals surface area contributed by atoms with Crippen molar-refractivity contribution in [1.82, 2.24) is 5.32 Å². The Hall–Kier alpha value is -1.11. The van der Waals surface area contributed by atoms with E-state index in [1.54, 1.807) is 12.1 Å². The summed E-state index contributed by atoms with van der Waals surface area (Å²) in [5, 5.41) is 11.8. The summed E-state index contributed by atoms with van der Waals surface area (Å²) in [6.07, 6.45) is 1.87. The molecule has 4 nitrogen and oxygen atoms in total. The first-order chi connectivity index (χ1) is 8.44. The zero-order valence-corrected chi connectivity index (χ0v) is 12.2. The number of hydrogen-bond acceptors (Lipinski definition) is 2. The second-order valence-corrected chi connectivity index (χ2v) is 5.82. The zero-order valence-electron chi connectivity index (χ0n) is 10.00. The monoisotopic (exact) mass is 359 g/mol. The standard InChI is InChI=1S/C13H14INO3/c1-8-3-4-9(7-10(8)14)11(16)15-13(12(17)18)5-2-6-13/h3-4,7H,2,5-6H2,1H3,(H,15,16)(H,17,18). The summed E-state index contributed by atoms with van der Waals surface area (Å²) in [7, 11) is 0. The smallest absolute Gasteiger partial charge is 0.329 e. The van der Waals surface area contributed by atoms with Crippen molar-refractivity contribution in [3.8, 4) is 0 Å². The molecule has 2 rings (SSSR count). The Kier molecular flexibility index (Phi) is 3.61. The first-order valence-corrected chi connectivity index (χ1v) is 6.84. The van der Waals surface area contributed by atoms with E-state index in [0.717, 1.165) is 15.6 Å². The number of aliphatic carboxylic acids is 1. The van der Waals surface area contributed by atoms with E-state index in [2.05, 4.69) is 27.9 Å². The van der Waals surface area contributed by atoms with E-state index in [-0.39, 0.29) is 5.91 Å². The third-order valence-electron chi connectivity index (χ3n) is 3.40.